The Morgan fingerprint density at radius 2 is 2.19 bits per heavy atom. The van der Waals surface area contributed by atoms with E-state index in [1.807, 2.05) is 30.0 Å². The van der Waals surface area contributed by atoms with Gasteiger partial charge in [-0.2, -0.15) is 11.8 Å². The van der Waals surface area contributed by atoms with Gasteiger partial charge in [0.15, 0.2) is 0 Å². The summed E-state index contributed by atoms with van der Waals surface area (Å²) in [4.78, 5) is 2.41. The summed E-state index contributed by atoms with van der Waals surface area (Å²) in [5.41, 5.74) is 8.18. The van der Waals surface area contributed by atoms with Gasteiger partial charge in [-0.25, -0.2) is 0 Å². The molecule has 0 amide bonds. The summed E-state index contributed by atoms with van der Waals surface area (Å²) in [7, 11) is 0. The van der Waals surface area contributed by atoms with Crippen molar-refractivity contribution in [1.29, 1.82) is 0 Å². The van der Waals surface area contributed by atoms with E-state index in [1.165, 1.54) is 29.2 Å². The third-order valence-electron chi connectivity index (χ3n) is 2.83. The number of benzene rings is 1. The molecule has 1 aliphatic rings. The number of nitrogens with zero attached hydrogens (tertiary/aromatic N) is 1. The lowest BCUT2D eigenvalue weighted by atomic mass is 10.1. The van der Waals surface area contributed by atoms with Crippen LogP contribution in [0.15, 0.2) is 18.2 Å². The number of halogens is 1. The van der Waals surface area contributed by atoms with E-state index in [2.05, 4.69) is 4.90 Å². The fraction of sp³-hybridized carbons (Fsp3) is 0.500. The second kappa shape index (κ2) is 5.80. The molecule has 1 saturated heterocycles. The van der Waals surface area contributed by atoms with Gasteiger partial charge in [0.2, 0.25) is 0 Å². The van der Waals surface area contributed by atoms with Gasteiger partial charge in [-0.3, -0.25) is 0 Å². The summed E-state index contributed by atoms with van der Waals surface area (Å²) in [6.45, 7) is 2.79. The molecular formula is C12H17ClN2S. The van der Waals surface area contributed by atoms with E-state index in [-0.39, 0.29) is 0 Å². The van der Waals surface area contributed by atoms with E-state index >= 15 is 0 Å². The number of thioether (sulfide) groups is 1. The van der Waals surface area contributed by atoms with Crippen LogP contribution in [0.4, 0.5) is 5.69 Å². The Hall–Kier alpha value is -0.380. The fourth-order valence-corrected chi connectivity index (χ4v) is 3.04. The lowest BCUT2D eigenvalue weighted by Crippen LogP contribution is -2.27. The van der Waals surface area contributed by atoms with Gasteiger partial charge in [0.25, 0.3) is 0 Å². The normalized spacial score (nSPS) is 17.2. The first-order valence-electron chi connectivity index (χ1n) is 5.62. The van der Waals surface area contributed by atoms with E-state index < -0.39 is 0 Å². The highest BCUT2D eigenvalue weighted by atomic mass is 35.5. The van der Waals surface area contributed by atoms with Crippen molar-refractivity contribution in [1.82, 2.24) is 0 Å². The van der Waals surface area contributed by atoms with Gasteiger partial charge in [0.05, 0.1) is 0 Å². The third-order valence-corrected chi connectivity index (χ3v) is 4.11. The molecule has 0 bridgehead atoms. The molecule has 0 radical (unpaired) electrons. The van der Waals surface area contributed by atoms with Crippen LogP contribution < -0.4 is 10.6 Å². The lowest BCUT2D eigenvalue weighted by Gasteiger charge is -2.25. The molecule has 4 heteroatoms. The number of nitrogens with two attached hydrogens (primary N) is 1. The first-order chi connectivity index (χ1) is 7.81. The summed E-state index contributed by atoms with van der Waals surface area (Å²) in [6, 6.07) is 6.00. The van der Waals surface area contributed by atoms with Crippen LogP contribution in [0, 0.1) is 0 Å². The molecule has 0 unspecified atom stereocenters. The minimum Gasteiger partial charge on any atom is -0.370 e. The molecule has 88 valence electrons. The van der Waals surface area contributed by atoms with Gasteiger partial charge >= 0.3 is 0 Å². The fourth-order valence-electron chi connectivity index (χ4n) is 1.99. The van der Waals surface area contributed by atoms with Gasteiger partial charge in [-0.15, -0.1) is 0 Å². The molecule has 1 fully saturated rings. The molecule has 1 aromatic carbocycles. The van der Waals surface area contributed by atoms with Crippen LogP contribution in [-0.4, -0.2) is 24.6 Å². The Morgan fingerprint density at radius 3 is 3.00 bits per heavy atom. The number of rotatable bonds is 2. The first kappa shape index (κ1) is 12.1. The summed E-state index contributed by atoms with van der Waals surface area (Å²) in [5.74, 6) is 2.45. The van der Waals surface area contributed by atoms with Gasteiger partial charge in [0.1, 0.15) is 0 Å². The second-order valence-corrected chi connectivity index (χ2v) is 5.59. The summed E-state index contributed by atoms with van der Waals surface area (Å²) < 4.78 is 0. The summed E-state index contributed by atoms with van der Waals surface area (Å²) in [5, 5.41) is 0.795. The summed E-state index contributed by atoms with van der Waals surface area (Å²) >= 11 is 8.09. The molecule has 0 aliphatic carbocycles. The van der Waals surface area contributed by atoms with E-state index in [0.29, 0.717) is 6.54 Å². The van der Waals surface area contributed by atoms with Crippen molar-refractivity contribution in [2.24, 2.45) is 5.73 Å². The molecular weight excluding hydrogens is 240 g/mol. The van der Waals surface area contributed by atoms with Crippen LogP contribution >= 0.6 is 23.4 Å². The van der Waals surface area contributed by atoms with E-state index in [0.717, 1.165) is 18.1 Å². The molecule has 2 nitrogen and oxygen atoms in total. The maximum Gasteiger partial charge on any atom is 0.0426 e. The van der Waals surface area contributed by atoms with Crippen molar-refractivity contribution < 1.29 is 0 Å². The van der Waals surface area contributed by atoms with E-state index in [9.17, 15) is 0 Å². The predicted molar refractivity (Wildman–Crippen MR) is 73.5 cm³/mol. The average molecular weight is 257 g/mol. The summed E-state index contributed by atoms with van der Waals surface area (Å²) in [6.07, 6.45) is 1.24. The predicted octanol–water partition coefficient (Wildman–Crippen LogP) is 2.74. The highest BCUT2D eigenvalue weighted by Gasteiger charge is 2.13. The van der Waals surface area contributed by atoms with Gasteiger partial charge in [0, 0.05) is 36.1 Å². The van der Waals surface area contributed by atoms with Crippen LogP contribution in [0.2, 0.25) is 5.02 Å². The molecule has 1 aliphatic heterocycles. The third kappa shape index (κ3) is 2.84. The number of hydrogen-bond donors (Lipinski definition) is 1. The van der Waals surface area contributed by atoms with Crippen molar-refractivity contribution in [2.75, 3.05) is 29.5 Å². The Morgan fingerprint density at radius 1 is 1.31 bits per heavy atom. The standard InChI is InChI=1S/C12H17ClN2S/c13-11-3-2-10(9-14)12(8-11)15-4-1-6-16-7-5-15/h2-3,8H,1,4-7,9,14H2. The van der Waals surface area contributed by atoms with Crippen LogP contribution in [0.25, 0.3) is 0 Å². The molecule has 16 heavy (non-hydrogen) atoms. The number of anilines is 1. The Bertz CT molecular complexity index is 349. The largest absolute Gasteiger partial charge is 0.370 e. The van der Waals surface area contributed by atoms with Crippen LogP contribution in [0.1, 0.15) is 12.0 Å². The molecule has 0 aromatic heterocycles. The molecule has 0 spiro atoms. The maximum absolute atomic E-state index is 6.06. The SMILES string of the molecule is NCc1ccc(Cl)cc1N1CCCSCC1. The second-order valence-electron chi connectivity index (χ2n) is 3.93. The minimum atomic E-state index is 0.580. The van der Waals surface area contributed by atoms with Gasteiger partial charge in [-0.1, -0.05) is 17.7 Å². The zero-order chi connectivity index (χ0) is 11.4. The van der Waals surface area contributed by atoms with Gasteiger partial charge in [-0.05, 0) is 29.9 Å². The molecule has 2 rings (SSSR count). The molecule has 0 saturated carbocycles. The Balaban J connectivity index is 2.25. The molecule has 1 aromatic rings. The quantitative estimate of drug-likeness (QED) is 0.882. The van der Waals surface area contributed by atoms with Crippen molar-refractivity contribution in [3.05, 3.63) is 28.8 Å². The first-order valence-corrected chi connectivity index (χ1v) is 7.15. The molecule has 0 atom stereocenters. The van der Waals surface area contributed by atoms with Crippen molar-refractivity contribution in [2.45, 2.75) is 13.0 Å². The highest BCUT2D eigenvalue weighted by molar-refractivity contribution is 7.99. The van der Waals surface area contributed by atoms with Crippen LogP contribution in [-0.2, 0) is 6.54 Å². The Kier molecular flexibility index (Phi) is 4.38. The zero-order valence-corrected chi connectivity index (χ0v) is 10.9. The number of hydrogen-bond acceptors (Lipinski definition) is 3. The zero-order valence-electron chi connectivity index (χ0n) is 9.29. The topological polar surface area (TPSA) is 29.3 Å². The lowest BCUT2D eigenvalue weighted by molar-refractivity contribution is 0.808. The average Bonchev–Trinajstić information content (AvgIpc) is 2.57. The smallest absolute Gasteiger partial charge is 0.0426 e. The van der Waals surface area contributed by atoms with E-state index in [4.69, 9.17) is 17.3 Å². The highest BCUT2D eigenvalue weighted by Crippen LogP contribution is 2.26. The van der Waals surface area contributed by atoms with Crippen LogP contribution in [0.5, 0.6) is 0 Å². The van der Waals surface area contributed by atoms with Gasteiger partial charge < -0.3 is 10.6 Å². The van der Waals surface area contributed by atoms with Crippen molar-refractivity contribution in [3.8, 4) is 0 Å². The molecule has 1 heterocycles. The van der Waals surface area contributed by atoms with Crippen molar-refractivity contribution in [3.63, 3.8) is 0 Å². The Labute approximate surface area is 106 Å². The van der Waals surface area contributed by atoms with Crippen LogP contribution in [0.3, 0.4) is 0 Å². The monoisotopic (exact) mass is 256 g/mol. The molecule has 2 N–H and O–H groups in total. The minimum absolute atomic E-state index is 0.580. The maximum atomic E-state index is 6.06. The van der Waals surface area contributed by atoms with E-state index in [1.54, 1.807) is 0 Å². The van der Waals surface area contributed by atoms with Crippen molar-refractivity contribution >= 4 is 29.1 Å².